The van der Waals surface area contributed by atoms with Crippen molar-refractivity contribution < 1.29 is 13.2 Å². The first kappa shape index (κ1) is 18.8. The van der Waals surface area contributed by atoms with Crippen LogP contribution in [0.25, 0.3) is 11.3 Å². The van der Waals surface area contributed by atoms with Crippen LogP contribution in [0.4, 0.5) is 10.8 Å². The number of anilines is 2. The number of aromatic nitrogens is 1. The van der Waals surface area contributed by atoms with Crippen LogP contribution < -0.4 is 15.8 Å². The summed E-state index contributed by atoms with van der Waals surface area (Å²) in [6.45, 7) is 0. The molecule has 1 aromatic heterocycles. The van der Waals surface area contributed by atoms with Crippen LogP contribution >= 0.6 is 11.3 Å². The molecule has 9 heteroatoms. The number of benzene rings is 1. The molecule has 0 spiro atoms. The van der Waals surface area contributed by atoms with Crippen molar-refractivity contribution in [2.75, 3.05) is 16.3 Å². The third-order valence-corrected chi connectivity index (χ3v) is 5.67. The number of rotatable bonds is 5. The molecular weight excluding hydrogens is 372 g/mol. The van der Waals surface area contributed by atoms with Gasteiger partial charge in [0.25, 0.3) is 0 Å². The fraction of sp³-hybridized carbons (Fsp3) is 0.412. The minimum atomic E-state index is -3.30. The molecule has 1 heterocycles. The summed E-state index contributed by atoms with van der Waals surface area (Å²) in [6, 6.07) is 7.03. The zero-order chi connectivity index (χ0) is 18.7. The van der Waals surface area contributed by atoms with Crippen LogP contribution in [-0.2, 0) is 14.8 Å². The summed E-state index contributed by atoms with van der Waals surface area (Å²) < 4.78 is 24.9. The first-order valence-corrected chi connectivity index (χ1v) is 11.2. The summed E-state index contributed by atoms with van der Waals surface area (Å²) in [5, 5.41) is 5.31. The number of nitrogens with two attached hydrogens (primary N) is 1. The maximum Gasteiger partial charge on any atom is 0.229 e. The lowest BCUT2D eigenvalue weighted by Gasteiger charge is -2.25. The fourth-order valence-corrected chi connectivity index (χ4v) is 4.35. The molecule has 26 heavy (non-hydrogen) atoms. The molecule has 140 valence electrons. The summed E-state index contributed by atoms with van der Waals surface area (Å²) in [6.07, 6.45) is 4.66. The van der Waals surface area contributed by atoms with Crippen molar-refractivity contribution in [1.29, 1.82) is 0 Å². The Balaban J connectivity index is 1.65. The smallest absolute Gasteiger partial charge is 0.229 e. The normalized spacial score (nSPS) is 20.5. The molecule has 3 rings (SSSR count). The highest BCUT2D eigenvalue weighted by Gasteiger charge is 2.25. The molecule has 1 aliphatic rings. The van der Waals surface area contributed by atoms with Crippen LogP contribution in [0, 0.1) is 5.92 Å². The zero-order valence-corrected chi connectivity index (χ0v) is 16.1. The molecule has 1 amide bonds. The minimum absolute atomic E-state index is 0.0197. The molecule has 0 aliphatic heterocycles. The highest BCUT2D eigenvalue weighted by atomic mass is 32.2. The van der Waals surface area contributed by atoms with E-state index in [1.807, 2.05) is 5.38 Å². The van der Waals surface area contributed by atoms with Gasteiger partial charge < -0.3 is 11.1 Å². The van der Waals surface area contributed by atoms with Crippen molar-refractivity contribution in [2.45, 2.75) is 31.7 Å². The van der Waals surface area contributed by atoms with Crippen LogP contribution in [0.3, 0.4) is 0 Å². The highest BCUT2D eigenvalue weighted by Crippen LogP contribution is 2.28. The average molecular weight is 395 g/mol. The van der Waals surface area contributed by atoms with E-state index in [0.29, 0.717) is 10.8 Å². The van der Waals surface area contributed by atoms with Crippen molar-refractivity contribution in [3.05, 3.63) is 29.6 Å². The molecule has 1 aromatic carbocycles. The summed E-state index contributed by atoms with van der Waals surface area (Å²) in [5.74, 6) is -0.0683. The molecule has 1 saturated carbocycles. The van der Waals surface area contributed by atoms with Gasteiger partial charge in [0.15, 0.2) is 5.13 Å². The summed E-state index contributed by atoms with van der Waals surface area (Å²) in [7, 11) is -3.30. The van der Waals surface area contributed by atoms with E-state index in [9.17, 15) is 13.2 Å². The van der Waals surface area contributed by atoms with E-state index >= 15 is 0 Å². The number of carbonyl (C=O) groups is 1. The molecule has 0 radical (unpaired) electrons. The standard InChI is InChI=1S/C17H22N4O3S2/c1-26(23,24)21-14-7-5-11(6-8-14)15-10-25-17(19-15)20-16(22)12-3-2-4-13(18)9-12/h5-8,10,12-13,21H,2-4,9,18H2,1H3,(H,19,20,22). The first-order valence-electron chi connectivity index (χ1n) is 8.40. The number of carbonyl (C=O) groups excluding carboxylic acids is 1. The van der Waals surface area contributed by atoms with Crippen molar-refractivity contribution in [2.24, 2.45) is 11.7 Å². The van der Waals surface area contributed by atoms with Gasteiger partial charge in [-0.15, -0.1) is 11.3 Å². The topological polar surface area (TPSA) is 114 Å². The van der Waals surface area contributed by atoms with Gasteiger partial charge in [-0.1, -0.05) is 18.6 Å². The van der Waals surface area contributed by atoms with Gasteiger partial charge in [-0.2, -0.15) is 0 Å². The Labute approximate surface area is 157 Å². The molecule has 1 fully saturated rings. The van der Waals surface area contributed by atoms with Crippen molar-refractivity contribution in [3.63, 3.8) is 0 Å². The summed E-state index contributed by atoms with van der Waals surface area (Å²) >= 11 is 1.37. The number of thiazole rings is 1. The van der Waals surface area contributed by atoms with E-state index in [1.165, 1.54) is 11.3 Å². The summed E-state index contributed by atoms with van der Waals surface area (Å²) in [5.41, 5.74) is 8.03. The predicted molar refractivity (Wildman–Crippen MR) is 105 cm³/mol. The Morgan fingerprint density at radius 3 is 2.65 bits per heavy atom. The number of sulfonamides is 1. The second-order valence-corrected chi connectivity index (χ2v) is 9.21. The molecule has 2 atom stereocenters. The number of amides is 1. The third kappa shape index (κ3) is 5.03. The Bertz CT molecular complexity index is 878. The van der Waals surface area contributed by atoms with Crippen molar-refractivity contribution in [1.82, 2.24) is 4.98 Å². The van der Waals surface area contributed by atoms with Crippen LogP contribution in [-0.4, -0.2) is 31.6 Å². The average Bonchev–Trinajstić information content (AvgIpc) is 3.02. The van der Waals surface area contributed by atoms with Crippen LogP contribution in [0.15, 0.2) is 29.6 Å². The van der Waals surface area contributed by atoms with E-state index in [2.05, 4.69) is 15.0 Å². The van der Waals surface area contributed by atoms with Gasteiger partial charge in [-0.05, 0) is 31.4 Å². The van der Waals surface area contributed by atoms with Crippen molar-refractivity contribution in [3.8, 4) is 11.3 Å². The van der Waals surface area contributed by atoms with Gasteiger partial charge in [-0.3, -0.25) is 9.52 Å². The number of hydrogen-bond acceptors (Lipinski definition) is 6. The number of hydrogen-bond donors (Lipinski definition) is 3. The maximum absolute atomic E-state index is 12.4. The molecule has 2 aromatic rings. The molecule has 0 bridgehead atoms. The van der Waals surface area contributed by atoms with E-state index in [1.54, 1.807) is 24.3 Å². The summed E-state index contributed by atoms with van der Waals surface area (Å²) in [4.78, 5) is 16.8. The monoisotopic (exact) mass is 394 g/mol. The van der Waals surface area contributed by atoms with Gasteiger partial charge in [0.05, 0.1) is 11.9 Å². The lowest BCUT2D eigenvalue weighted by Crippen LogP contribution is -2.34. The SMILES string of the molecule is CS(=O)(=O)Nc1ccc(-c2csc(NC(=O)C3CCCC(N)C3)n2)cc1. The molecular formula is C17H22N4O3S2. The van der Waals surface area contributed by atoms with E-state index in [4.69, 9.17) is 5.73 Å². The second-order valence-electron chi connectivity index (χ2n) is 6.60. The largest absolute Gasteiger partial charge is 0.328 e. The second kappa shape index (κ2) is 7.73. The molecule has 1 aliphatic carbocycles. The Hall–Kier alpha value is -1.97. The lowest BCUT2D eigenvalue weighted by molar-refractivity contribution is -0.120. The number of nitrogens with zero attached hydrogens (tertiary/aromatic N) is 1. The van der Waals surface area contributed by atoms with E-state index in [0.717, 1.165) is 43.2 Å². The van der Waals surface area contributed by atoms with Crippen LogP contribution in [0.2, 0.25) is 0 Å². The van der Waals surface area contributed by atoms with Gasteiger partial charge in [0, 0.05) is 28.6 Å². The Morgan fingerprint density at radius 1 is 1.27 bits per heavy atom. The highest BCUT2D eigenvalue weighted by molar-refractivity contribution is 7.92. The third-order valence-electron chi connectivity index (χ3n) is 4.30. The Kier molecular flexibility index (Phi) is 5.59. The van der Waals surface area contributed by atoms with Crippen LogP contribution in [0.5, 0.6) is 0 Å². The first-order chi connectivity index (χ1) is 12.3. The molecule has 4 N–H and O–H groups in total. The van der Waals surface area contributed by atoms with Crippen LogP contribution in [0.1, 0.15) is 25.7 Å². The van der Waals surface area contributed by atoms with E-state index < -0.39 is 10.0 Å². The minimum Gasteiger partial charge on any atom is -0.328 e. The predicted octanol–water partition coefficient (Wildman–Crippen LogP) is 2.64. The molecule has 0 saturated heterocycles. The van der Waals surface area contributed by atoms with Gasteiger partial charge >= 0.3 is 0 Å². The van der Waals surface area contributed by atoms with Gasteiger partial charge in [-0.25, -0.2) is 13.4 Å². The quantitative estimate of drug-likeness (QED) is 0.721. The Morgan fingerprint density at radius 2 is 2.00 bits per heavy atom. The van der Waals surface area contributed by atoms with E-state index in [-0.39, 0.29) is 17.9 Å². The molecule has 2 unspecified atom stereocenters. The number of nitrogens with one attached hydrogen (secondary N) is 2. The van der Waals surface area contributed by atoms with Gasteiger partial charge in [0.1, 0.15) is 0 Å². The fourth-order valence-electron chi connectivity index (χ4n) is 3.06. The lowest BCUT2D eigenvalue weighted by atomic mass is 9.86. The molecule has 7 nitrogen and oxygen atoms in total. The van der Waals surface area contributed by atoms with Gasteiger partial charge in [0.2, 0.25) is 15.9 Å². The zero-order valence-electron chi connectivity index (χ0n) is 14.4. The maximum atomic E-state index is 12.4. The van der Waals surface area contributed by atoms with Crippen molar-refractivity contribution >= 4 is 38.1 Å².